The topological polar surface area (TPSA) is 29.9 Å². The van der Waals surface area contributed by atoms with Gasteiger partial charge in [-0.15, -0.1) is 0 Å². The molecule has 1 heterocycles. The van der Waals surface area contributed by atoms with Gasteiger partial charge in [-0.05, 0) is 61.1 Å². The van der Waals surface area contributed by atoms with E-state index in [1.165, 1.54) is 23.0 Å². The van der Waals surface area contributed by atoms with Gasteiger partial charge in [0.15, 0.2) is 0 Å². The second kappa shape index (κ2) is 7.17. The predicted octanol–water partition coefficient (Wildman–Crippen LogP) is 3.06. The van der Waals surface area contributed by atoms with Crippen LogP contribution in [0.2, 0.25) is 0 Å². The van der Waals surface area contributed by atoms with E-state index in [1.807, 2.05) is 18.7 Å². The fraction of sp³-hybridized carbons (Fsp3) is 0.769. The summed E-state index contributed by atoms with van der Waals surface area (Å²) in [6.45, 7) is 8.79. The van der Waals surface area contributed by atoms with Crippen LogP contribution in [0.1, 0.15) is 38.1 Å². The molecule has 0 aliphatic heterocycles. The highest BCUT2D eigenvalue weighted by atomic mass is 79.9. The van der Waals surface area contributed by atoms with E-state index in [0.717, 1.165) is 25.2 Å². The summed E-state index contributed by atoms with van der Waals surface area (Å²) in [5.41, 5.74) is 2.39. The summed E-state index contributed by atoms with van der Waals surface area (Å²) in [5.74, 6) is 0.712. The lowest BCUT2D eigenvalue weighted by atomic mass is 10.0. The molecular weight excluding hydrogens is 278 g/mol. The Morgan fingerprint density at radius 3 is 2.71 bits per heavy atom. The average Bonchev–Trinajstić information content (AvgIpc) is 2.51. The molecule has 0 saturated heterocycles. The summed E-state index contributed by atoms with van der Waals surface area (Å²) in [6.07, 6.45) is 3.50. The zero-order valence-electron chi connectivity index (χ0n) is 11.4. The zero-order chi connectivity index (χ0) is 12.8. The van der Waals surface area contributed by atoms with E-state index in [0.29, 0.717) is 5.92 Å². The van der Waals surface area contributed by atoms with Gasteiger partial charge in [0.2, 0.25) is 0 Å². The Bertz CT molecular complexity index is 347. The van der Waals surface area contributed by atoms with Crippen LogP contribution < -0.4 is 5.32 Å². The first kappa shape index (κ1) is 14.7. The van der Waals surface area contributed by atoms with Gasteiger partial charge in [-0.1, -0.05) is 13.8 Å². The van der Waals surface area contributed by atoms with Crippen molar-refractivity contribution < 1.29 is 0 Å². The maximum Gasteiger partial charge on any atom is 0.0738 e. The van der Waals surface area contributed by atoms with E-state index in [4.69, 9.17) is 0 Å². The molecule has 0 aromatic carbocycles. The normalized spacial score (nSPS) is 13.0. The molecule has 1 aromatic heterocycles. The van der Waals surface area contributed by atoms with Crippen LogP contribution in [0.25, 0.3) is 0 Å². The molecule has 0 radical (unpaired) electrons. The first-order valence-corrected chi connectivity index (χ1v) is 7.24. The van der Waals surface area contributed by atoms with Gasteiger partial charge in [0.1, 0.15) is 0 Å². The smallest absolute Gasteiger partial charge is 0.0738 e. The Hall–Kier alpha value is -0.350. The number of hydrogen-bond acceptors (Lipinski definition) is 2. The molecular formula is C13H24BrN3. The summed E-state index contributed by atoms with van der Waals surface area (Å²) >= 11 is 3.62. The molecule has 0 spiro atoms. The number of nitrogens with zero attached hydrogens (tertiary/aromatic N) is 2. The number of halogens is 1. The Morgan fingerprint density at radius 1 is 1.47 bits per heavy atom. The number of aryl methyl sites for hydroxylation is 2. The molecule has 1 atom stereocenters. The predicted molar refractivity (Wildman–Crippen MR) is 76.3 cm³/mol. The quantitative estimate of drug-likeness (QED) is 0.785. The van der Waals surface area contributed by atoms with Crippen LogP contribution in [0.4, 0.5) is 0 Å². The maximum absolute atomic E-state index is 4.42. The van der Waals surface area contributed by atoms with Crippen molar-refractivity contribution in [2.24, 2.45) is 13.0 Å². The third-order valence-corrected chi connectivity index (χ3v) is 4.09. The zero-order valence-corrected chi connectivity index (χ0v) is 13.0. The monoisotopic (exact) mass is 301 g/mol. The van der Waals surface area contributed by atoms with Crippen LogP contribution in [-0.4, -0.2) is 22.9 Å². The Labute approximate surface area is 113 Å². The van der Waals surface area contributed by atoms with Crippen LogP contribution in [0.15, 0.2) is 4.47 Å². The summed E-state index contributed by atoms with van der Waals surface area (Å²) < 4.78 is 3.17. The van der Waals surface area contributed by atoms with Gasteiger partial charge in [0.05, 0.1) is 15.9 Å². The third-order valence-electron chi connectivity index (χ3n) is 3.06. The number of hydrogen-bond donors (Lipinski definition) is 1. The molecule has 0 fully saturated rings. The second-order valence-electron chi connectivity index (χ2n) is 4.82. The summed E-state index contributed by atoms with van der Waals surface area (Å²) in [5, 5.41) is 7.89. The first-order valence-electron chi connectivity index (χ1n) is 6.45. The van der Waals surface area contributed by atoms with E-state index in [9.17, 15) is 0 Å². The maximum atomic E-state index is 4.42. The molecule has 4 heteroatoms. The van der Waals surface area contributed by atoms with E-state index < -0.39 is 0 Å². The van der Waals surface area contributed by atoms with Gasteiger partial charge in [0.25, 0.3) is 0 Å². The van der Waals surface area contributed by atoms with E-state index in [2.05, 4.69) is 40.2 Å². The van der Waals surface area contributed by atoms with Gasteiger partial charge in [-0.25, -0.2) is 0 Å². The van der Waals surface area contributed by atoms with E-state index in [-0.39, 0.29) is 0 Å². The van der Waals surface area contributed by atoms with Crippen LogP contribution >= 0.6 is 15.9 Å². The Balaban J connectivity index is 2.39. The molecule has 1 rings (SSSR count). The van der Waals surface area contributed by atoms with Crippen molar-refractivity contribution in [1.82, 2.24) is 15.1 Å². The van der Waals surface area contributed by atoms with E-state index in [1.54, 1.807) is 0 Å². The minimum absolute atomic E-state index is 0.712. The molecule has 0 saturated carbocycles. The molecule has 0 amide bonds. The highest BCUT2D eigenvalue weighted by Crippen LogP contribution is 2.22. The lowest BCUT2D eigenvalue weighted by molar-refractivity contribution is 0.474. The fourth-order valence-corrected chi connectivity index (χ4v) is 2.50. The third kappa shape index (κ3) is 4.43. The molecule has 0 aliphatic rings. The molecule has 1 unspecified atom stereocenters. The van der Waals surface area contributed by atoms with Crippen molar-refractivity contribution in [1.29, 1.82) is 0 Å². The molecule has 0 bridgehead atoms. The highest BCUT2D eigenvalue weighted by Gasteiger charge is 2.11. The number of aromatic nitrogens is 2. The molecule has 98 valence electrons. The van der Waals surface area contributed by atoms with Crippen LogP contribution in [0, 0.1) is 12.8 Å². The van der Waals surface area contributed by atoms with Crippen LogP contribution in [0.3, 0.4) is 0 Å². The highest BCUT2D eigenvalue weighted by molar-refractivity contribution is 9.10. The van der Waals surface area contributed by atoms with Crippen molar-refractivity contribution in [3.8, 4) is 0 Å². The first-order chi connectivity index (χ1) is 8.06. The number of rotatable bonds is 7. The lowest BCUT2D eigenvalue weighted by Crippen LogP contribution is -2.22. The summed E-state index contributed by atoms with van der Waals surface area (Å²) in [7, 11) is 2.02. The molecule has 0 aliphatic carbocycles. The fourth-order valence-electron chi connectivity index (χ4n) is 1.96. The Kier molecular flexibility index (Phi) is 6.20. The van der Waals surface area contributed by atoms with Gasteiger partial charge < -0.3 is 5.32 Å². The van der Waals surface area contributed by atoms with E-state index >= 15 is 0 Å². The Morgan fingerprint density at radius 2 is 2.18 bits per heavy atom. The average molecular weight is 302 g/mol. The lowest BCUT2D eigenvalue weighted by Gasteiger charge is -2.12. The van der Waals surface area contributed by atoms with Crippen molar-refractivity contribution >= 4 is 15.9 Å². The molecule has 17 heavy (non-hydrogen) atoms. The largest absolute Gasteiger partial charge is 0.316 e. The van der Waals surface area contributed by atoms with Crippen molar-refractivity contribution in [2.45, 2.75) is 40.0 Å². The van der Waals surface area contributed by atoms with Gasteiger partial charge in [-0.3, -0.25) is 4.68 Å². The van der Waals surface area contributed by atoms with Crippen LogP contribution in [0.5, 0.6) is 0 Å². The molecule has 1 aromatic rings. The van der Waals surface area contributed by atoms with Crippen molar-refractivity contribution in [3.05, 3.63) is 15.9 Å². The second-order valence-corrected chi connectivity index (χ2v) is 5.61. The van der Waals surface area contributed by atoms with Crippen LogP contribution in [-0.2, 0) is 13.5 Å². The minimum Gasteiger partial charge on any atom is -0.316 e. The summed E-state index contributed by atoms with van der Waals surface area (Å²) in [4.78, 5) is 0. The van der Waals surface area contributed by atoms with Gasteiger partial charge in [0, 0.05) is 7.05 Å². The van der Waals surface area contributed by atoms with Gasteiger partial charge in [-0.2, -0.15) is 5.10 Å². The molecule has 1 N–H and O–H groups in total. The number of nitrogens with one attached hydrogen (secondary N) is 1. The summed E-state index contributed by atoms with van der Waals surface area (Å²) in [6, 6.07) is 0. The SMILES string of the molecule is CCCNCC(C)CCc1c(Br)c(C)nn1C. The van der Waals surface area contributed by atoms with Crippen molar-refractivity contribution in [2.75, 3.05) is 13.1 Å². The van der Waals surface area contributed by atoms with Crippen molar-refractivity contribution in [3.63, 3.8) is 0 Å². The standard InChI is InChI=1S/C13H24BrN3/c1-5-8-15-9-10(2)6-7-12-13(14)11(3)16-17(12)4/h10,15H,5-9H2,1-4H3. The van der Waals surface area contributed by atoms with Gasteiger partial charge >= 0.3 is 0 Å². The molecule has 3 nitrogen and oxygen atoms in total. The minimum atomic E-state index is 0.712.